The van der Waals surface area contributed by atoms with E-state index in [2.05, 4.69) is 12.2 Å². The molecule has 2 unspecified atom stereocenters. The van der Waals surface area contributed by atoms with Crippen LogP contribution in [0.2, 0.25) is 0 Å². The van der Waals surface area contributed by atoms with Crippen molar-refractivity contribution in [3.63, 3.8) is 0 Å². The van der Waals surface area contributed by atoms with Crippen molar-refractivity contribution in [2.24, 2.45) is 11.8 Å². The van der Waals surface area contributed by atoms with Gasteiger partial charge in [0.1, 0.15) is 6.79 Å². The molecule has 1 saturated carbocycles. The van der Waals surface area contributed by atoms with Crippen molar-refractivity contribution >= 4 is 22.6 Å². The first-order chi connectivity index (χ1) is 16.0. The van der Waals surface area contributed by atoms with Gasteiger partial charge in [-0.05, 0) is 61.3 Å². The molecule has 1 fully saturated rings. The van der Waals surface area contributed by atoms with Crippen LogP contribution < -0.4 is 10.8 Å². The molecule has 0 radical (unpaired) electrons. The Bertz CT molecular complexity index is 910. The lowest BCUT2D eigenvalue weighted by atomic mass is 9.82. The van der Waals surface area contributed by atoms with Gasteiger partial charge in [-0.25, -0.2) is 5.48 Å². The predicted octanol–water partition coefficient (Wildman–Crippen LogP) is 4.14. The Balaban J connectivity index is 1.76. The fraction of sp³-hybridized carbons (Fsp3) is 0.538. The number of carbonyl (C=O) groups is 2. The van der Waals surface area contributed by atoms with E-state index in [1.165, 1.54) is 0 Å². The van der Waals surface area contributed by atoms with Gasteiger partial charge in [0.05, 0.1) is 18.6 Å². The maximum Gasteiger partial charge on any atom is 0.250 e. The number of fused-ring (bicyclic) bond motifs is 1. The number of nitrogens with one attached hydrogen (secondary N) is 2. The zero-order chi connectivity index (χ0) is 23.6. The third-order valence-electron chi connectivity index (χ3n) is 6.55. The lowest BCUT2D eigenvalue weighted by Gasteiger charge is -2.29. The molecule has 0 aromatic heterocycles. The Morgan fingerprint density at radius 3 is 2.48 bits per heavy atom. The van der Waals surface area contributed by atoms with Gasteiger partial charge in [0.15, 0.2) is 0 Å². The van der Waals surface area contributed by atoms with E-state index in [0.29, 0.717) is 18.9 Å². The minimum Gasteiger partial charge on any atom is -0.356 e. The summed E-state index contributed by atoms with van der Waals surface area (Å²) in [4.78, 5) is 25.6. The first-order valence-corrected chi connectivity index (χ1v) is 11.9. The van der Waals surface area contributed by atoms with Crippen LogP contribution in [-0.2, 0) is 19.1 Å². The molecule has 0 saturated heterocycles. The highest BCUT2D eigenvalue weighted by Crippen LogP contribution is 2.29. The zero-order valence-electron chi connectivity index (χ0n) is 19.6. The van der Waals surface area contributed by atoms with Crippen molar-refractivity contribution < 1.29 is 24.3 Å². The third-order valence-corrected chi connectivity index (χ3v) is 6.55. The molecule has 2 amide bonds. The Labute approximate surface area is 195 Å². The Morgan fingerprint density at radius 2 is 1.79 bits per heavy atom. The molecule has 1 aliphatic rings. The van der Waals surface area contributed by atoms with E-state index < -0.39 is 17.9 Å². The molecule has 2 atom stereocenters. The first kappa shape index (κ1) is 25.1. The summed E-state index contributed by atoms with van der Waals surface area (Å²) in [6.45, 7) is 4.98. The first-order valence-electron chi connectivity index (χ1n) is 11.9. The van der Waals surface area contributed by atoms with Crippen LogP contribution in [-0.4, -0.2) is 43.1 Å². The van der Waals surface area contributed by atoms with E-state index in [4.69, 9.17) is 9.47 Å². The van der Waals surface area contributed by atoms with Gasteiger partial charge in [-0.2, -0.15) is 0 Å². The Kier molecular flexibility index (Phi) is 9.66. The zero-order valence-corrected chi connectivity index (χ0v) is 19.6. The van der Waals surface area contributed by atoms with E-state index in [1.54, 1.807) is 5.48 Å². The van der Waals surface area contributed by atoms with E-state index >= 15 is 0 Å². The van der Waals surface area contributed by atoms with Crippen LogP contribution in [0.3, 0.4) is 0 Å². The van der Waals surface area contributed by atoms with Crippen LogP contribution >= 0.6 is 0 Å². The van der Waals surface area contributed by atoms with Gasteiger partial charge in [0, 0.05) is 12.5 Å². The van der Waals surface area contributed by atoms with Gasteiger partial charge < -0.3 is 14.8 Å². The molecule has 3 rings (SSSR count). The number of ether oxygens (including phenoxy) is 2. The quantitative estimate of drug-likeness (QED) is 0.204. The molecule has 7 nitrogen and oxygen atoms in total. The summed E-state index contributed by atoms with van der Waals surface area (Å²) >= 11 is 0. The molecule has 0 bridgehead atoms. The second-order valence-corrected chi connectivity index (χ2v) is 9.01. The van der Waals surface area contributed by atoms with E-state index in [0.717, 1.165) is 42.0 Å². The number of carbonyl (C=O) groups excluding carboxylic acids is 2. The summed E-state index contributed by atoms with van der Waals surface area (Å²) in [5.41, 5.74) is 2.57. The van der Waals surface area contributed by atoms with Crippen molar-refractivity contribution in [1.29, 1.82) is 0 Å². The minimum absolute atomic E-state index is 0.00794. The van der Waals surface area contributed by atoms with Crippen LogP contribution in [0.5, 0.6) is 0 Å². The van der Waals surface area contributed by atoms with Crippen molar-refractivity contribution in [1.82, 2.24) is 10.8 Å². The normalized spacial score (nSPS) is 20.2. The second-order valence-electron chi connectivity index (χ2n) is 9.01. The SMILES string of the molecule is CCOCOCC(CC(C(=O)NO)c1ccc2ccccc2c1)NC(=O)C1CCC(C)CC1. The summed E-state index contributed by atoms with van der Waals surface area (Å²) in [7, 11) is 0. The van der Waals surface area contributed by atoms with E-state index in [-0.39, 0.29) is 25.2 Å². The van der Waals surface area contributed by atoms with Crippen molar-refractivity contribution in [3.8, 4) is 0 Å². The Hall–Kier alpha value is -2.48. The predicted molar refractivity (Wildman–Crippen MR) is 127 cm³/mol. The molecule has 180 valence electrons. The van der Waals surface area contributed by atoms with Gasteiger partial charge in [-0.15, -0.1) is 0 Å². The summed E-state index contributed by atoms with van der Waals surface area (Å²) in [5.74, 6) is -0.507. The molecule has 3 N–H and O–H groups in total. The highest BCUT2D eigenvalue weighted by molar-refractivity contribution is 5.87. The average molecular weight is 457 g/mol. The van der Waals surface area contributed by atoms with Crippen molar-refractivity contribution in [3.05, 3.63) is 48.0 Å². The fourth-order valence-electron chi connectivity index (χ4n) is 4.52. The molecular weight excluding hydrogens is 420 g/mol. The molecule has 7 heteroatoms. The minimum atomic E-state index is -0.646. The molecule has 2 aromatic rings. The van der Waals surface area contributed by atoms with Gasteiger partial charge in [-0.3, -0.25) is 14.8 Å². The van der Waals surface area contributed by atoms with Crippen molar-refractivity contribution in [2.45, 2.75) is 57.9 Å². The lowest BCUT2D eigenvalue weighted by Crippen LogP contribution is -2.44. The monoisotopic (exact) mass is 456 g/mol. The second kappa shape index (κ2) is 12.7. The van der Waals surface area contributed by atoms with Crippen LogP contribution in [0, 0.1) is 11.8 Å². The summed E-state index contributed by atoms with van der Waals surface area (Å²) in [6.07, 6.45) is 4.16. The standard InChI is InChI=1S/C26H36N2O5/c1-3-32-17-33-16-23(27-25(29)20-10-8-18(2)9-11-20)15-24(26(30)28-31)22-13-12-19-6-4-5-7-21(19)14-22/h4-7,12-14,18,20,23-24,31H,3,8-11,15-17H2,1-2H3,(H,27,29)(H,28,30). The maximum atomic E-state index is 13.0. The van der Waals surface area contributed by atoms with Gasteiger partial charge in [-0.1, -0.05) is 49.4 Å². The number of amides is 2. The van der Waals surface area contributed by atoms with E-state index in [9.17, 15) is 14.8 Å². The van der Waals surface area contributed by atoms with Crippen LogP contribution in [0.15, 0.2) is 42.5 Å². The van der Waals surface area contributed by atoms with Gasteiger partial charge in [0.2, 0.25) is 5.91 Å². The summed E-state index contributed by atoms with van der Waals surface area (Å²) in [5, 5.41) is 14.6. The third kappa shape index (κ3) is 7.25. The number of hydroxylamine groups is 1. The number of hydrogen-bond acceptors (Lipinski definition) is 5. The van der Waals surface area contributed by atoms with Crippen LogP contribution in [0.25, 0.3) is 10.8 Å². The smallest absolute Gasteiger partial charge is 0.250 e. The molecular formula is C26H36N2O5. The molecule has 1 aliphatic carbocycles. The molecule has 2 aromatic carbocycles. The highest BCUT2D eigenvalue weighted by Gasteiger charge is 2.29. The highest BCUT2D eigenvalue weighted by atomic mass is 16.7. The molecule has 0 aliphatic heterocycles. The molecule has 33 heavy (non-hydrogen) atoms. The largest absolute Gasteiger partial charge is 0.356 e. The van der Waals surface area contributed by atoms with Gasteiger partial charge in [0.25, 0.3) is 5.91 Å². The topological polar surface area (TPSA) is 96.9 Å². The average Bonchev–Trinajstić information content (AvgIpc) is 2.84. The maximum absolute atomic E-state index is 13.0. The Morgan fingerprint density at radius 1 is 1.06 bits per heavy atom. The number of benzene rings is 2. The fourth-order valence-corrected chi connectivity index (χ4v) is 4.52. The van der Waals surface area contributed by atoms with Crippen LogP contribution in [0.1, 0.15) is 57.4 Å². The van der Waals surface area contributed by atoms with Crippen molar-refractivity contribution in [2.75, 3.05) is 20.0 Å². The number of rotatable bonds is 11. The van der Waals surface area contributed by atoms with Gasteiger partial charge >= 0.3 is 0 Å². The lowest BCUT2D eigenvalue weighted by molar-refractivity contribution is -0.132. The summed E-state index contributed by atoms with van der Waals surface area (Å²) in [6, 6.07) is 13.3. The van der Waals surface area contributed by atoms with E-state index in [1.807, 2.05) is 49.4 Å². The summed E-state index contributed by atoms with van der Waals surface area (Å²) < 4.78 is 10.9. The van der Waals surface area contributed by atoms with Crippen LogP contribution in [0.4, 0.5) is 0 Å². The number of hydrogen-bond donors (Lipinski definition) is 3. The molecule has 0 heterocycles. The molecule has 0 spiro atoms.